The number of nitrogens with zero attached hydrogens (tertiary/aromatic N) is 3. The van der Waals surface area contributed by atoms with Gasteiger partial charge in [-0.2, -0.15) is 0 Å². The summed E-state index contributed by atoms with van der Waals surface area (Å²) >= 11 is 0. The van der Waals surface area contributed by atoms with Gasteiger partial charge >= 0.3 is 5.97 Å². The Kier molecular flexibility index (Phi) is 5.43. The van der Waals surface area contributed by atoms with Crippen molar-refractivity contribution in [3.63, 3.8) is 0 Å². The minimum absolute atomic E-state index is 0.359. The molecule has 0 aliphatic rings. The number of ether oxygens (including phenoxy) is 1. The molecule has 2 aromatic carbocycles. The zero-order valence-corrected chi connectivity index (χ0v) is 14.7. The van der Waals surface area contributed by atoms with E-state index in [0.717, 1.165) is 23.7 Å². The Balaban J connectivity index is 1.80. The van der Waals surface area contributed by atoms with Gasteiger partial charge in [0.15, 0.2) is 0 Å². The van der Waals surface area contributed by atoms with Gasteiger partial charge in [-0.15, -0.1) is 0 Å². The lowest BCUT2D eigenvalue weighted by Gasteiger charge is -2.22. The first-order valence-corrected chi connectivity index (χ1v) is 8.31. The van der Waals surface area contributed by atoms with Crippen LogP contribution < -0.4 is 10.2 Å². The van der Waals surface area contributed by atoms with Crippen molar-refractivity contribution in [2.24, 2.45) is 0 Å². The average Bonchev–Trinajstić information content (AvgIpc) is 2.70. The van der Waals surface area contributed by atoms with E-state index in [1.807, 2.05) is 48.5 Å². The quantitative estimate of drug-likeness (QED) is 0.675. The van der Waals surface area contributed by atoms with E-state index >= 15 is 0 Å². The number of anilines is 4. The van der Waals surface area contributed by atoms with Crippen LogP contribution in [0.15, 0.2) is 67.0 Å². The SMILES string of the molecule is CCN(c1ccccc1)c1cc(Nc2ccc(C(=O)OC)cc2)ncn1. The molecule has 1 heterocycles. The maximum absolute atomic E-state index is 11.5. The Labute approximate surface area is 152 Å². The van der Waals surface area contributed by atoms with Gasteiger partial charge in [0, 0.05) is 24.0 Å². The Morgan fingerprint density at radius 1 is 1.08 bits per heavy atom. The molecule has 0 radical (unpaired) electrons. The van der Waals surface area contributed by atoms with Gasteiger partial charge in [0.25, 0.3) is 0 Å². The molecular weight excluding hydrogens is 328 g/mol. The van der Waals surface area contributed by atoms with Gasteiger partial charge in [-0.05, 0) is 43.3 Å². The van der Waals surface area contributed by atoms with Crippen molar-refractivity contribution in [1.82, 2.24) is 9.97 Å². The minimum atomic E-state index is -0.359. The van der Waals surface area contributed by atoms with Gasteiger partial charge in [-0.3, -0.25) is 0 Å². The summed E-state index contributed by atoms with van der Waals surface area (Å²) in [7, 11) is 1.36. The Hall–Kier alpha value is -3.41. The summed E-state index contributed by atoms with van der Waals surface area (Å²) in [6, 6.07) is 19.0. The highest BCUT2D eigenvalue weighted by Gasteiger charge is 2.10. The van der Waals surface area contributed by atoms with Crippen LogP contribution in [0.2, 0.25) is 0 Å². The van der Waals surface area contributed by atoms with Crippen LogP contribution in [0.4, 0.5) is 23.0 Å². The third-order valence-electron chi connectivity index (χ3n) is 3.89. The first kappa shape index (κ1) is 17.4. The molecule has 3 rings (SSSR count). The number of nitrogens with one attached hydrogen (secondary N) is 1. The van der Waals surface area contributed by atoms with Crippen LogP contribution in [0, 0.1) is 0 Å². The second-order valence-electron chi connectivity index (χ2n) is 5.54. The fourth-order valence-electron chi connectivity index (χ4n) is 2.60. The average molecular weight is 348 g/mol. The monoisotopic (exact) mass is 348 g/mol. The lowest BCUT2D eigenvalue weighted by molar-refractivity contribution is 0.0601. The smallest absolute Gasteiger partial charge is 0.337 e. The predicted molar refractivity (Wildman–Crippen MR) is 102 cm³/mol. The molecule has 0 fully saturated rings. The van der Waals surface area contributed by atoms with Crippen molar-refractivity contribution in [2.45, 2.75) is 6.92 Å². The summed E-state index contributed by atoms with van der Waals surface area (Å²) in [6.07, 6.45) is 1.53. The zero-order chi connectivity index (χ0) is 18.4. The van der Waals surface area contributed by atoms with Crippen molar-refractivity contribution in [3.05, 3.63) is 72.6 Å². The highest BCUT2D eigenvalue weighted by atomic mass is 16.5. The van der Waals surface area contributed by atoms with E-state index in [0.29, 0.717) is 11.4 Å². The summed E-state index contributed by atoms with van der Waals surface area (Å²) in [6.45, 7) is 2.86. The van der Waals surface area contributed by atoms with Crippen molar-refractivity contribution in [2.75, 3.05) is 23.9 Å². The molecule has 0 bridgehead atoms. The molecule has 1 N–H and O–H groups in total. The van der Waals surface area contributed by atoms with E-state index in [1.165, 1.54) is 13.4 Å². The third kappa shape index (κ3) is 3.97. The number of aromatic nitrogens is 2. The molecular formula is C20H20N4O2. The van der Waals surface area contributed by atoms with Crippen LogP contribution >= 0.6 is 0 Å². The molecule has 0 atom stereocenters. The topological polar surface area (TPSA) is 67.4 Å². The number of hydrogen-bond donors (Lipinski definition) is 1. The van der Waals surface area contributed by atoms with E-state index in [9.17, 15) is 4.79 Å². The molecule has 6 heteroatoms. The number of benzene rings is 2. The number of carbonyl (C=O) groups excluding carboxylic acids is 1. The molecule has 0 saturated carbocycles. The number of hydrogen-bond acceptors (Lipinski definition) is 6. The van der Waals surface area contributed by atoms with Crippen LogP contribution in [0.25, 0.3) is 0 Å². The van der Waals surface area contributed by atoms with Gasteiger partial charge in [-0.1, -0.05) is 18.2 Å². The second-order valence-corrected chi connectivity index (χ2v) is 5.54. The second kappa shape index (κ2) is 8.11. The largest absolute Gasteiger partial charge is 0.465 e. The van der Waals surface area contributed by atoms with E-state index < -0.39 is 0 Å². The van der Waals surface area contributed by atoms with E-state index in [2.05, 4.69) is 27.1 Å². The van der Waals surface area contributed by atoms with Crippen molar-refractivity contribution in [3.8, 4) is 0 Å². The van der Waals surface area contributed by atoms with Crippen LogP contribution in [-0.2, 0) is 4.74 Å². The molecule has 132 valence electrons. The summed E-state index contributed by atoms with van der Waals surface area (Å²) in [5.41, 5.74) is 2.40. The van der Waals surface area contributed by atoms with Gasteiger partial charge in [0.2, 0.25) is 0 Å². The van der Waals surface area contributed by atoms with Crippen LogP contribution in [0.5, 0.6) is 0 Å². The first-order valence-electron chi connectivity index (χ1n) is 8.31. The molecule has 0 aliphatic carbocycles. The summed E-state index contributed by atoms with van der Waals surface area (Å²) in [4.78, 5) is 22.3. The lowest BCUT2D eigenvalue weighted by Crippen LogP contribution is -2.17. The molecule has 3 aromatic rings. The number of para-hydroxylation sites is 1. The highest BCUT2D eigenvalue weighted by Crippen LogP contribution is 2.25. The molecule has 0 spiro atoms. The van der Waals surface area contributed by atoms with Crippen LogP contribution in [-0.4, -0.2) is 29.6 Å². The van der Waals surface area contributed by atoms with Gasteiger partial charge in [-0.25, -0.2) is 14.8 Å². The van der Waals surface area contributed by atoms with E-state index in [4.69, 9.17) is 4.74 Å². The molecule has 26 heavy (non-hydrogen) atoms. The van der Waals surface area contributed by atoms with Crippen LogP contribution in [0.1, 0.15) is 17.3 Å². The van der Waals surface area contributed by atoms with E-state index in [-0.39, 0.29) is 5.97 Å². The van der Waals surface area contributed by atoms with Crippen molar-refractivity contribution < 1.29 is 9.53 Å². The number of esters is 1. The minimum Gasteiger partial charge on any atom is -0.465 e. The Morgan fingerprint density at radius 2 is 1.81 bits per heavy atom. The Morgan fingerprint density at radius 3 is 2.46 bits per heavy atom. The van der Waals surface area contributed by atoms with Crippen molar-refractivity contribution in [1.29, 1.82) is 0 Å². The standard InChI is InChI=1S/C20H20N4O2/c1-3-24(17-7-5-4-6-8-17)19-13-18(21-14-22-19)23-16-11-9-15(10-12-16)20(25)26-2/h4-14H,3H2,1-2H3,(H,21,22,23). The molecule has 0 saturated heterocycles. The molecule has 0 unspecified atom stereocenters. The maximum atomic E-state index is 11.5. The summed E-state index contributed by atoms with van der Waals surface area (Å²) < 4.78 is 4.71. The number of carbonyl (C=O) groups is 1. The predicted octanol–water partition coefficient (Wildman–Crippen LogP) is 4.16. The fourth-order valence-corrected chi connectivity index (χ4v) is 2.60. The van der Waals surface area contributed by atoms with Crippen LogP contribution in [0.3, 0.4) is 0 Å². The number of methoxy groups -OCH3 is 1. The summed E-state index contributed by atoms with van der Waals surface area (Å²) in [5.74, 6) is 1.12. The molecule has 1 aromatic heterocycles. The van der Waals surface area contributed by atoms with Gasteiger partial charge in [0.05, 0.1) is 12.7 Å². The maximum Gasteiger partial charge on any atom is 0.337 e. The van der Waals surface area contributed by atoms with Gasteiger partial charge < -0.3 is 15.0 Å². The normalized spacial score (nSPS) is 10.2. The van der Waals surface area contributed by atoms with Gasteiger partial charge in [0.1, 0.15) is 18.0 Å². The number of rotatable bonds is 6. The summed E-state index contributed by atoms with van der Waals surface area (Å²) in [5, 5.41) is 3.23. The molecule has 0 amide bonds. The third-order valence-corrected chi connectivity index (χ3v) is 3.89. The lowest BCUT2D eigenvalue weighted by atomic mass is 10.2. The zero-order valence-electron chi connectivity index (χ0n) is 14.7. The van der Waals surface area contributed by atoms with Crippen molar-refractivity contribution >= 4 is 29.0 Å². The van der Waals surface area contributed by atoms with E-state index in [1.54, 1.807) is 12.1 Å². The fraction of sp³-hybridized carbons (Fsp3) is 0.150. The first-order chi connectivity index (χ1) is 12.7. The Bertz CT molecular complexity index is 866. The highest BCUT2D eigenvalue weighted by molar-refractivity contribution is 5.89. The molecule has 6 nitrogen and oxygen atoms in total. The molecule has 0 aliphatic heterocycles.